The van der Waals surface area contributed by atoms with Crippen LogP contribution in [0.2, 0.25) is 0 Å². The lowest BCUT2D eigenvalue weighted by Gasteiger charge is -2.09. The van der Waals surface area contributed by atoms with Crippen molar-refractivity contribution in [2.75, 3.05) is 5.32 Å². The fourth-order valence-electron chi connectivity index (χ4n) is 2.96. The summed E-state index contributed by atoms with van der Waals surface area (Å²) in [7, 11) is 0. The molecule has 0 spiro atoms. The molecule has 3 heterocycles. The summed E-state index contributed by atoms with van der Waals surface area (Å²) in [6.07, 6.45) is 4.58. The van der Waals surface area contributed by atoms with E-state index in [2.05, 4.69) is 25.6 Å². The van der Waals surface area contributed by atoms with Gasteiger partial charge in [-0.05, 0) is 42.0 Å². The zero-order valence-electron chi connectivity index (χ0n) is 15.7. The molecule has 0 aliphatic heterocycles. The van der Waals surface area contributed by atoms with Crippen molar-refractivity contribution in [3.63, 3.8) is 0 Å². The number of nitrogens with one attached hydrogen (secondary N) is 2. The molecule has 4 aromatic rings. The Labute approximate surface area is 171 Å². The molecule has 0 unspecified atom stereocenters. The molecule has 0 saturated carbocycles. The molecule has 0 fully saturated rings. The first-order valence-corrected chi connectivity index (χ1v) is 9.14. The average molecular weight is 399 g/mol. The molecule has 8 heteroatoms. The van der Waals surface area contributed by atoms with E-state index < -0.39 is 5.91 Å². The van der Waals surface area contributed by atoms with Crippen molar-refractivity contribution in [2.45, 2.75) is 6.54 Å². The second kappa shape index (κ2) is 8.36. The van der Waals surface area contributed by atoms with Gasteiger partial charge >= 0.3 is 0 Å². The zero-order chi connectivity index (χ0) is 20.9. The maximum absolute atomic E-state index is 12.6. The van der Waals surface area contributed by atoms with Crippen LogP contribution in [0, 0.1) is 0 Å². The van der Waals surface area contributed by atoms with Gasteiger partial charge in [0.05, 0.1) is 11.1 Å². The van der Waals surface area contributed by atoms with Gasteiger partial charge in [-0.25, -0.2) is 9.97 Å². The Morgan fingerprint density at radius 3 is 2.53 bits per heavy atom. The molecule has 0 radical (unpaired) electrons. The van der Waals surface area contributed by atoms with Crippen LogP contribution in [0.4, 0.5) is 5.82 Å². The standard InChI is InChI=1S/C22H17N5O3/c28-17-7-3-10-25-20(17)22(30)27-18-12-14(8-11-23-18)13-26-21(29)16-6-1-4-15-5-2-9-24-19(15)16/h1-12,28H,13H2,(H,26,29)(H,23,27,30). The molecular formula is C22H17N5O3. The van der Waals surface area contributed by atoms with E-state index in [1.807, 2.05) is 24.3 Å². The highest BCUT2D eigenvalue weighted by Crippen LogP contribution is 2.17. The maximum atomic E-state index is 12.6. The number of anilines is 1. The number of hydrogen-bond acceptors (Lipinski definition) is 6. The first-order chi connectivity index (χ1) is 14.6. The van der Waals surface area contributed by atoms with Crippen LogP contribution in [-0.4, -0.2) is 31.9 Å². The number of fused-ring (bicyclic) bond motifs is 1. The molecule has 0 aliphatic rings. The Bertz CT molecular complexity index is 1240. The summed E-state index contributed by atoms with van der Waals surface area (Å²) in [4.78, 5) is 37.2. The minimum absolute atomic E-state index is 0.0959. The van der Waals surface area contributed by atoms with Gasteiger partial charge in [0.15, 0.2) is 5.69 Å². The molecule has 8 nitrogen and oxygen atoms in total. The summed E-state index contributed by atoms with van der Waals surface area (Å²) in [5, 5.41) is 16.1. The number of amides is 2. The Morgan fingerprint density at radius 1 is 0.867 bits per heavy atom. The third-order valence-electron chi connectivity index (χ3n) is 4.40. The summed E-state index contributed by atoms with van der Waals surface area (Å²) < 4.78 is 0. The van der Waals surface area contributed by atoms with Crippen LogP contribution in [0.1, 0.15) is 26.4 Å². The largest absolute Gasteiger partial charge is 0.505 e. The molecule has 0 saturated heterocycles. The number of nitrogens with zero attached hydrogens (tertiary/aromatic N) is 3. The van der Waals surface area contributed by atoms with Crippen molar-refractivity contribution in [2.24, 2.45) is 0 Å². The Kier molecular flexibility index (Phi) is 5.29. The number of carbonyl (C=O) groups excluding carboxylic acids is 2. The van der Waals surface area contributed by atoms with E-state index in [1.54, 1.807) is 24.4 Å². The third-order valence-corrected chi connectivity index (χ3v) is 4.40. The molecule has 3 aromatic heterocycles. The van der Waals surface area contributed by atoms with Crippen molar-refractivity contribution in [1.82, 2.24) is 20.3 Å². The summed E-state index contributed by atoms with van der Waals surface area (Å²) in [6, 6.07) is 15.4. The number of para-hydroxylation sites is 1. The fourth-order valence-corrected chi connectivity index (χ4v) is 2.96. The minimum atomic E-state index is -0.580. The van der Waals surface area contributed by atoms with Crippen molar-refractivity contribution in [3.8, 4) is 5.75 Å². The molecule has 3 N–H and O–H groups in total. The van der Waals surface area contributed by atoms with Gasteiger partial charge in [-0.15, -0.1) is 0 Å². The van der Waals surface area contributed by atoms with Crippen LogP contribution in [0.15, 0.2) is 73.2 Å². The van der Waals surface area contributed by atoms with Gasteiger partial charge in [-0.3, -0.25) is 14.6 Å². The summed E-state index contributed by atoms with van der Waals surface area (Å²) in [6.45, 7) is 0.238. The van der Waals surface area contributed by atoms with Gasteiger partial charge in [-0.2, -0.15) is 0 Å². The van der Waals surface area contributed by atoms with Crippen LogP contribution >= 0.6 is 0 Å². The number of aromatic hydroxyl groups is 1. The van der Waals surface area contributed by atoms with E-state index in [1.165, 1.54) is 24.5 Å². The Balaban J connectivity index is 1.45. The molecule has 0 atom stereocenters. The molecule has 0 bridgehead atoms. The third kappa shape index (κ3) is 4.07. The summed E-state index contributed by atoms with van der Waals surface area (Å²) in [5.74, 6) is -0.769. The van der Waals surface area contributed by atoms with Crippen molar-refractivity contribution in [1.29, 1.82) is 0 Å². The van der Waals surface area contributed by atoms with E-state index in [-0.39, 0.29) is 29.7 Å². The predicted molar refractivity (Wildman–Crippen MR) is 111 cm³/mol. The average Bonchev–Trinajstić information content (AvgIpc) is 2.77. The van der Waals surface area contributed by atoms with Crippen LogP contribution in [0.3, 0.4) is 0 Å². The zero-order valence-corrected chi connectivity index (χ0v) is 15.7. The second-order valence-electron chi connectivity index (χ2n) is 6.44. The molecule has 1 aromatic carbocycles. The highest BCUT2D eigenvalue weighted by Gasteiger charge is 2.14. The number of benzene rings is 1. The van der Waals surface area contributed by atoms with Gasteiger partial charge < -0.3 is 15.7 Å². The van der Waals surface area contributed by atoms with E-state index in [4.69, 9.17) is 0 Å². The summed E-state index contributed by atoms with van der Waals surface area (Å²) >= 11 is 0. The van der Waals surface area contributed by atoms with Gasteiger partial charge in [-0.1, -0.05) is 18.2 Å². The number of aromatic nitrogens is 3. The first-order valence-electron chi connectivity index (χ1n) is 9.14. The fraction of sp³-hybridized carbons (Fsp3) is 0.0455. The van der Waals surface area contributed by atoms with Gasteiger partial charge in [0.1, 0.15) is 11.6 Å². The molecular weight excluding hydrogens is 382 g/mol. The number of pyridine rings is 3. The molecule has 0 aliphatic carbocycles. The van der Waals surface area contributed by atoms with Crippen LogP contribution < -0.4 is 10.6 Å². The quantitative estimate of drug-likeness (QED) is 0.475. The van der Waals surface area contributed by atoms with Crippen molar-refractivity contribution >= 4 is 28.5 Å². The monoisotopic (exact) mass is 399 g/mol. The second-order valence-corrected chi connectivity index (χ2v) is 6.44. The van der Waals surface area contributed by atoms with Crippen molar-refractivity contribution < 1.29 is 14.7 Å². The van der Waals surface area contributed by atoms with Gasteiger partial charge in [0.25, 0.3) is 11.8 Å². The van der Waals surface area contributed by atoms with Crippen molar-refractivity contribution in [3.05, 3.63) is 90.0 Å². The van der Waals surface area contributed by atoms with Crippen LogP contribution in [0.25, 0.3) is 10.9 Å². The van der Waals surface area contributed by atoms with E-state index in [9.17, 15) is 14.7 Å². The van der Waals surface area contributed by atoms with Gasteiger partial charge in [0.2, 0.25) is 0 Å². The Hall–Kier alpha value is -4.33. The lowest BCUT2D eigenvalue weighted by molar-refractivity contribution is 0.0951. The predicted octanol–water partition coefficient (Wildman–Crippen LogP) is 2.91. The normalized spacial score (nSPS) is 10.5. The molecule has 4 rings (SSSR count). The molecule has 148 valence electrons. The topological polar surface area (TPSA) is 117 Å². The lowest BCUT2D eigenvalue weighted by atomic mass is 10.1. The van der Waals surface area contributed by atoms with E-state index in [0.717, 1.165) is 10.9 Å². The van der Waals surface area contributed by atoms with E-state index >= 15 is 0 Å². The number of carbonyl (C=O) groups is 2. The smallest absolute Gasteiger partial charge is 0.279 e. The highest BCUT2D eigenvalue weighted by atomic mass is 16.3. The highest BCUT2D eigenvalue weighted by molar-refractivity contribution is 6.05. The summed E-state index contributed by atoms with van der Waals surface area (Å²) in [5.41, 5.74) is 1.77. The van der Waals surface area contributed by atoms with Crippen LogP contribution in [-0.2, 0) is 6.54 Å². The number of hydrogen-bond donors (Lipinski definition) is 3. The number of rotatable bonds is 5. The SMILES string of the molecule is O=C(Nc1cc(CNC(=O)c2cccc3cccnc23)ccn1)c1ncccc1O. The van der Waals surface area contributed by atoms with Gasteiger partial charge in [0, 0.05) is 30.5 Å². The Morgan fingerprint density at radius 2 is 1.67 bits per heavy atom. The first kappa shape index (κ1) is 19.0. The molecule has 30 heavy (non-hydrogen) atoms. The van der Waals surface area contributed by atoms with E-state index in [0.29, 0.717) is 11.1 Å². The maximum Gasteiger partial charge on any atom is 0.279 e. The molecule has 2 amide bonds. The van der Waals surface area contributed by atoms with Crippen LogP contribution in [0.5, 0.6) is 5.75 Å². The lowest BCUT2D eigenvalue weighted by Crippen LogP contribution is -2.23. The minimum Gasteiger partial charge on any atom is -0.505 e.